The number of hydrogen-bond donors (Lipinski definition) is 1. The van der Waals surface area contributed by atoms with E-state index in [0.29, 0.717) is 5.92 Å². The van der Waals surface area contributed by atoms with Crippen LogP contribution in [0.15, 0.2) is 41.5 Å². The first-order chi connectivity index (χ1) is 6.67. The van der Waals surface area contributed by atoms with E-state index in [0.717, 1.165) is 24.3 Å². The van der Waals surface area contributed by atoms with Gasteiger partial charge in [-0.25, -0.2) is 0 Å². The fourth-order valence-electron chi connectivity index (χ4n) is 1.50. The molecular formula is C12H17NO. The smallest absolute Gasteiger partial charge is 0.141 e. The van der Waals surface area contributed by atoms with Gasteiger partial charge >= 0.3 is 0 Å². The van der Waals surface area contributed by atoms with E-state index in [4.69, 9.17) is 10.5 Å². The zero-order valence-electron chi connectivity index (χ0n) is 8.84. The fourth-order valence-corrected chi connectivity index (χ4v) is 1.50. The third-order valence-corrected chi connectivity index (χ3v) is 2.50. The number of hydrogen-bond acceptors (Lipinski definition) is 2. The first kappa shape index (κ1) is 10.7. The third-order valence-electron chi connectivity index (χ3n) is 2.50. The number of allylic oxidation sites excluding steroid dienone is 3. The summed E-state index contributed by atoms with van der Waals surface area (Å²) >= 11 is 0. The van der Waals surface area contributed by atoms with Crippen LogP contribution in [0.5, 0.6) is 0 Å². The average molecular weight is 191 g/mol. The van der Waals surface area contributed by atoms with Crippen LogP contribution in [0.2, 0.25) is 0 Å². The molecule has 0 aliphatic heterocycles. The molecule has 0 spiro atoms. The second-order valence-electron chi connectivity index (χ2n) is 3.54. The Hall–Kier alpha value is -1.40. The summed E-state index contributed by atoms with van der Waals surface area (Å²) in [7, 11) is 1.64. The monoisotopic (exact) mass is 191 g/mol. The maximum Gasteiger partial charge on any atom is 0.141 e. The van der Waals surface area contributed by atoms with Crippen LogP contribution >= 0.6 is 0 Å². The van der Waals surface area contributed by atoms with Gasteiger partial charge in [0.2, 0.25) is 0 Å². The lowest BCUT2D eigenvalue weighted by Crippen LogP contribution is -2.09. The highest BCUT2D eigenvalue weighted by atomic mass is 16.5. The van der Waals surface area contributed by atoms with Gasteiger partial charge in [0.05, 0.1) is 7.11 Å². The summed E-state index contributed by atoms with van der Waals surface area (Å²) in [6.45, 7) is 5.77. The van der Waals surface area contributed by atoms with Crippen molar-refractivity contribution in [1.82, 2.24) is 0 Å². The van der Waals surface area contributed by atoms with Gasteiger partial charge in [0, 0.05) is 12.1 Å². The van der Waals surface area contributed by atoms with Gasteiger partial charge in [-0.05, 0) is 18.4 Å². The van der Waals surface area contributed by atoms with Gasteiger partial charge in [-0.1, -0.05) is 30.9 Å². The summed E-state index contributed by atoms with van der Waals surface area (Å²) in [4.78, 5) is 0. The van der Waals surface area contributed by atoms with Crippen LogP contribution in [0, 0.1) is 5.92 Å². The second kappa shape index (κ2) is 4.73. The average Bonchev–Trinajstić information content (AvgIpc) is 2.19. The zero-order chi connectivity index (χ0) is 10.6. The minimum absolute atomic E-state index is 0.529. The molecule has 0 aromatic carbocycles. The Morgan fingerprint density at radius 2 is 2.50 bits per heavy atom. The van der Waals surface area contributed by atoms with Gasteiger partial charge < -0.3 is 10.5 Å². The van der Waals surface area contributed by atoms with Crippen molar-refractivity contribution in [2.45, 2.75) is 19.8 Å². The Labute approximate surface area is 85.4 Å². The van der Waals surface area contributed by atoms with E-state index in [1.54, 1.807) is 7.11 Å². The highest BCUT2D eigenvalue weighted by Crippen LogP contribution is 2.26. The molecule has 0 amide bonds. The Kier molecular flexibility index (Phi) is 3.61. The summed E-state index contributed by atoms with van der Waals surface area (Å²) in [6, 6.07) is 0. The molecule has 1 aliphatic rings. The molecule has 0 aromatic heterocycles. The van der Waals surface area contributed by atoms with E-state index in [1.165, 1.54) is 5.57 Å². The van der Waals surface area contributed by atoms with E-state index in [-0.39, 0.29) is 0 Å². The SMILES string of the molecule is C=C=C(CC1=CC(N)=CCC1C)OC. The van der Waals surface area contributed by atoms with Gasteiger partial charge in [0.25, 0.3) is 0 Å². The van der Waals surface area contributed by atoms with E-state index in [2.05, 4.69) is 25.3 Å². The van der Waals surface area contributed by atoms with Crippen LogP contribution in [0.3, 0.4) is 0 Å². The molecule has 14 heavy (non-hydrogen) atoms. The highest BCUT2D eigenvalue weighted by Gasteiger charge is 2.13. The molecule has 0 fully saturated rings. The summed E-state index contributed by atoms with van der Waals surface area (Å²) < 4.78 is 5.13. The van der Waals surface area contributed by atoms with E-state index >= 15 is 0 Å². The van der Waals surface area contributed by atoms with Crippen molar-refractivity contribution in [2.75, 3.05) is 7.11 Å². The molecule has 0 saturated heterocycles. The van der Waals surface area contributed by atoms with Crippen molar-refractivity contribution in [3.63, 3.8) is 0 Å². The number of ether oxygens (including phenoxy) is 1. The molecule has 0 radical (unpaired) electrons. The molecule has 0 heterocycles. The van der Waals surface area contributed by atoms with Crippen LogP contribution in [0.25, 0.3) is 0 Å². The van der Waals surface area contributed by atoms with Crippen molar-refractivity contribution in [2.24, 2.45) is 11.7 Å². The van der Waals surface area contributed by atoms with Crippen LogP contribution in [0.1, 0.15) is 19.8 Å². The number of methoxy groups -OCH3 is 1. The lowest BCUT2D eigenvalue weighted by atomic mass is 9.89. The molecular weight excluding hydrogens is 174 g/mol. The highest BCUT2D eigenvalue weighted by molar-refractivity contribution is 5.29. The maximum absolute atomic E-state index is 5.74. The first-order valence-electron chi connectivity index (χ1n) is 4.76. The Morgan fingerprint density at radius 1 is 1.79 bits per heavy atom. The predicted octanol–water partition coefficient (Wildman–Crippen LogP) is 2.50. The maximum atomic E-state index is 5.74. The molecule has 2 heteroatoms. The minimum Gasteiger partial charge on any atom is -0.493 e. The second-order valence-corrected chi connectivity index (χ2v) is 3.54. The van der Waals surface area contributed by atoms with Crippen LogP contribution in [-0.2, 0) is 4.74 Å². The molecule has 0 bridgehead atoms. The van der Waals surface area contributed by atoms with Crippen molar-refractivity contribution >= 4 is 0 Å². The van der Waals surface area contributed by atoms with Gasteiger partial charge in [-0.3, -0.25) is 0 Å². The quantitative estimate of drug-likeness (QED) is 0.549. The summed E-state index contributed by atoms with van der Waals surface area (Å²) in [5, 5.41) is 0. The van der Waals surface area contributed by atoms with Crippen molar-refractivity contribution < 1.29 is 4.74 Å². The molecule has 1 rings (SSSR count). The Morgan fingerprint density at radius 3 is 3.07 bits per heavy atom. The van der Waals surface area contributed by atoms with Crippen molar-refractivity contribution in [3.05, 3.63) is 41.5 Å². The van der Waals surface area contributed by atoms with Crippen LogP contribution in [0.4, 0.5) is 0 Å². The molecule has 2 N–H and O–H groups in total. The molecule has 1 unspecified atom stereocenters. The van der Waals surface area contributed by atoms with Gasteiger partial charge in [0.15, 0.2) is 0 Å². The van der Waals surface area contributed by atoms with Gasteiger partial charge in [0.1, 0.15) is 5.76 Å². The van der Waals surface area contributed by atoms with Crippen LogP contribution < -0.4 is 5.73 Å². The third kappa shape index (κ3) is 2.54. The lowest BCUT2D eigenvalue weighted by molar-refractivity contribution is 0.281. The standard InChI is InChI=1S/C12H17NO/c1-4-12(14-3)8-10-7-11(13)6-5-9(10)2/h6-7,9H,1,5,8,13H2,2-3H3. The summed E-state index contributed by atoms with van der Waals surface area (Å²) in [5.74, 6) is 1.30. The molecule has 1 aliphatic carbocycles. The van der Waals surface area contributed by atoms with E-state index < -0.39 is 0 Å². The molecule has 76 valence electrons. The largest absolute Gasteiger partial charge is 0.493 e. The first-order valence-corrected chi connectivity index (χ1v) is 4.76. The fraction of sp³-hybridized carbons (Fsp3) is 0.417. The van der Waals surface area contributed by atoms with Crippen molar-refractivity contribution in [1.29, 1.82) is 0 Å². The predicted molar refractivity (Wildman–Crippen MR) is 58.4 cm³/mol. The molecule has 2 nitrogen and oxygen atoms in total. The summed E-state index contributed by atoms with van der Waals surface area (Å²) in [5.41, 5.74) is 10.7. The van der Waals surface area contributed by atoms with Gasteiger partial charge in [-0.2, -0.15) is 0 Å². The minimum atomic E-state index is 0.529. The Bertz CT molecular complexity index is 319. The normalized spacial score (nSPS) is 20.6. The molecule has 0 saturated carbocycles. The Balaban J connectivity index is 2.76. The lowest BCUT2D eigenvalue weighted by Gasteiger charge is -2.19. The topological polar surface area (TPSA) is 35.2 Å². The van der Waals surface area contributed by atoms with E-state index in [1.807, 2.05) is 6.08 Å². The van der Waals surface area contributed by atoms with Crippen molar-refractivity contribution in [3.8, 4) is 0 Å². The van der Waals surface area contributed by atoms with E-state index in [9.17, 15) is 0 Å². The zero-order valence-corrected chi connectivity index (χ0v) is 8.84. The molecule has 1 atom stereocenters. The molecule has 0 aromatic rings. The summed E-state index contributed by atoms with van der Waals surface area (Å²) in [6.07, 6.45) is 5.84. The van der Waals surface area contributed by atoms with Gasteiger partial charge in [-0.15, -0.1) is 0 Å². The number of nitrogens with two attached hydrogens (primary N) is 1. The number of rotatable bonds is 3. The van der Waals surface area contributed by atoms with Crippen LogP contribution in [-0.4, -0.2) is 7.11 Å².